The zero-order chi connectivity index (χ0) is 19.5. The highest BCUT2D eigenvalue weighted by atomic mass is 16.5. The van der Waals surface area contributed by atoms with E-state index in [4.69, 9.17) is 4.74 Å². The van der Waals surface area contributed by atoms with Crippen molar-refractivity contribution in [1.82, 2.24) is 14.7 Å². The van der Waals surface area contributed by atoms with Crippen LogP contribution >= 0.6 is 0 Å². The summed E-state index contributed by atoms with van der Waals surface area (Å²) in [5, 5.41) is 0. The van der Waals surface area contributed by atoms with Gasteiger partial charge < -0.3 is 19.4 Å². The molecule has 1 aliphatic heterocycles. The number of piperazine rings is 1. The minimum absolute atomic E-state index is 0.155. The van der Waals surface area contributed by atoms with Crippen LogP contribution in [0.1, 0.15) is 33.1 Å². The number of nitrogens with zero attached hydrogens (tertiary/aromatic N) is 3. The Morgan fingerprint density at radius 1 is 0.926 bits per heavy atom. The summed E-state index contributed by atoms with van der Waals surface area (Å²) < 4.78 is 5.63. The number of carbonyl (C=O) groups is 2. The number of hydrogen-bond donors (Lipinski definition) is 0. The Morgan fingerprint density at radius 2 is 1.48 bits per heavy atom. The molecule has 2 amide bonds. The van der Waals surface area contributed by atoms with Crippen molar-refractivity contribution in [2.45, 2.75) is 33.1 Å². The van der Waals surface area contributed by atoms with E-state index in [1.807, 2.05) is 40.1 Å². The molecule has 0 spiro atoms. The van der Waals surface area contributed by atoms with Crippen molar-refractivity contribution in [3.63, 3.8) is 0 Å². The lowest BCUT2D eigenvalue weighted by Crippen LogP contribution is -2.51. The van der Waals surface area contributed by atoms with Gasteiger partial charge in [0, 0.05) is 45.6 Å². The first-order valence-electron chi connectivity index (χ1n) is 10.1. The first-order valence-corrected chi connectivity index (χ1v) is 10.1. The van der Waals surface area contributed by atoms with Gasteiger partial charge in [0.25, 0.3) is 0 Å². The summed E-state index contributed by atoms with van der Waals surface area (Å²) in [4.78, 5) is 30.7. The van der Waals surface area contributed by atoms with Crippen LogP contribution in [-0.2, 0) is 9.59 Å². The largest absolute Gasteiger partial charge is 0.494 e. The van der Waals surface area contributed by atoms with Gasteiger partial charge in [-0.15, -0.1) is 0 Å². The molecule has 0 aliphatic carbocycles. The van der Waals surface area contributed by atoms with E-state index in [2.05, 4.69) is 18.7 Å². The van der Waals surface area contributed by atoms with Crippen LogP contribution in [0.4, 0.5) is 0 Å². The molecule has 1 aliphatic rings. The van der Waals surface area contributed by atoms with E-state index in [-0.39, 0.29) is 11.8 Å². The van der Waals surface area contributed by atoms with E-state index < -0.39 is 0 Å². The maximum Gasteiger partial charge on any atom is 0.223 e. The van der Waals surface area contributed by atoms with Crippen molar-refractivity contribution in [2.24, 2.45) is 0 Å². The van der Waals surface area contributed by atoms with Gasteiger partial charge in [0.2, 0.25) is 11.8 Å². The molecule has 0 radical (unpaired) electrons. The van der Waals surface area contributed by atoms with Gasteiger partial charge in [-0.2, -0.15) is 0 Å². The van der Waals surface area contributed by atoms with Gasteiger partial charge in [-0.25, -0.2) is 0 Å². The third-order valence-corrected chi connectivity index (χ3v) is 5.07. The summed E-state index contributed by atoms with van der Waals surface area (Å²) in [5.41, 5.74) is 0. The third-order valence-electron chi connectivity index (χ3n) is 5.07. The molecular weight excluding hydrogens is 342 g/mol. The van der Waals surface area contributed by atoms with Gasteiger partial charge in [-0.3, -0.25) is 9.59 Å². The monoisotopic (exact) mass is 375 g/mol. The van der Waals surface area contributed by atoms with E-state index in [1.165, 1.54) is 0 Å². The fraction of sp³-hybridized carbons (Fsp3) is 0.619. The van der Waals surface area contributed by atoms with Gasteiger partial charge in [0.15, 0.2) is 0 Å². The minimum Gasteiger partial charge on any atom is -0.494 e. The fourth-order valence-corrected chi connectivity index (χ4v) is 3.25. The zero-order valence-corrected chi connectivity index (χ0v) is 16.7. The molecule has 0 N–H and O–H groups in total. The lowest BCUT2D eigenvalue weighted by atomic mass is 10.2. The molecule has 0 unspecified atom stereocenters. The van der Waals surface area contributed by atoms with Crippen molar-refractivity contribution in [3.05, 3.63) is 30.3 Å². The van der Waals surface area contributed by atoms with Gasteiger partial charge in [-0.05, 0) is 31.6 Å². The Bertz CT molecular complexity index is 567. The first-order chi connectivity index (χ1) is 13.1. The maximum absolute atomic E-state index is 12.3. The second kappa shape index (κ2) is 11.6. The van der Waals surface area contributed by atoms with E-state index in [1.54, 1.807) is 0 Å². The van der Waals surface area contributed by atoms with E-state index in [0.29, 0.717) is 52.0 Å². The summed E-state index contributed by atoms with van der Waals surface area (Å²) in [7, 11) is 0. The average molecular weight is 376 g/mol. The van der Waals surface area contributed by atoms with Gasteiger partial charge in [-0.1, -0.05) is 32.0 Å². The molecule has 2 rings (SSSR count). The number of hydrogen-bond acceptors (Lipinski definition) is 4. The van der Waals surface area contributed by atoms with Crippen molar-refractivity contribution < 1.29 is 14.3 Å². The van der Waals surface area contributed by atoms with Crippen LogP contribution in [0.25, 0.3) is 0 Å². The van der Waals surface area contributed by atoms with Crippen molar-refractivity contribution in [1.29, 1.82) is 0 Å². The molecular formula is C21H33N3O3. The molecule has 1 saturated heterocycles. The summed E-state index contributed by atoms with van der Waals surface area (Å²) in [5.74, 6) is 1.19. The minimum atomic E-state index is 0.155. The molecule has 1 fully saturated rings. The summed E-state index contributed by atoms with van der Waals surface area (Å²) in [6, 6.07) is 9.65. The lowest BCUT2D eigenvalue weighted by molar-refractivity contribution is -0.139. The molecule has 6 heteroatoms. The molecule has 1 heterocycles. The Hall–Kier alpha value is -2.08. The quantitative estimate of drug-likeness (QED) is 0.589. The van der Waals surface area contributed by atoms with Gasteiger partial charge in [0.05, 0.1) is 6.61 Å². The van der Waals surface area contributed by atoms with E-state index >= 15 is 0 Å². The fourth-order valence-electron chi connectivity index (χ4n) is 3.25. The number of benzene rings is 1. The SMILES string of the molecule is CCN(CC)CCC(=O)N1CCN(C(=O)CCCOc2ccccc2)CC1. The number of amides is 2. The van der Waals surface area contributed by atoms with Crippen LogP contribution in [0.2, 0.25) is 0 Å². The second-order valence-electron chi connectivity index (χ2n) is 6.80. The third kappa shape index (κ3) is 7.21. The topological polar surface area (TPSA) is 53.1 Å². The van der Waals surface area contributed by atoms with Crippen LogP contribution in [0.5, 0.6) is 5.75 Å². The summed E-state index contributed by atoms with van der Waals surface area (Å²) in [6.45, 7) is 10.1. The Balaban J connectivity index is 1.61. The predicted octanol–water partition coefficient (Wildman–Crippen LogP) is 2.25. The number of para-hydroxylation sites is 1. The second-order valence-corrected chi connectivity index (χ2v) is 6.80. The number of ether oxygens (including phenoxy) is 1. The highest BCUT2D eigenvalue weighted by molar-refractivity contribution is 5.78. The first kappa shape index (κ1) is 21.2. The van der Waals surface area contributed by atoms with Gasteiger partial charge >= 0.3 is 0 Å². The molecule has 1 aromatic rings. The normalized spacial score (nSPS) is 14.5. The van der Waals surface area contributed by atoms with Crippen LogP contribution in [0, 0.1) is 0 Å². The van der Waals surface area contributed by atoms with Crippen molar-refractivity contribution >= 4 is 11.8 Å². The molecule has 6 nitrogen and oxygen atoms in total. The molecule has 0 bridgehead atoms. The highest BCUT2D eigenvalue weighted by Crippen LogP contribution is 2.10. The Labute approximate surface area is 163 Å². The smallest absolute Gasteiger partial charge is 0.223 e. The Morgan fingerprint density at radius 3 is 2.04 bits per heavy atom. The van der Waals surface area contributed by atoms with Crippen molar-refractivity contribution in [2.75, 3.05) is 52.4 Å². The van der Waals surface area contributed by atoms with Crippen LogP contribution in [-0.4, -0.2) is 78.9 Å². The van der Waals surface area contributed by atoms with Gasteiger partial charge in [0.1, 0.15) is 5.75 Å². The highest BCUT2D eigenvalue weighted by Gasteiger charge is 2.23. The molecule has 0 atom stereocenters. The van der Waals surface area contributed by atoms with E-state index in [0.717, 1.165) is 25.4 Å². The van der Waals surface area contributed by atoms with E-state index in [9.17, 15) is 9.59 Å². The zero-order valence-electron chi connectivity index (χ0n) is 16.7. The van der Waals surface area contributed by atoms with Crippen LogP contribution < -0.4 is 4.74 Å². The average Bonchev–Trinajstić information content (AvgIpc) is 2.72. The lowest BCUT2D eigenvalue weighted by Gasteiger charge is -2.35. The standard InChI is InChI=1S/C21H33N3O3/c1-3-22(4-2)13-12-21(26)24-16-14-23(15-17-24)20(25)11-8-18-27-19-9-6-5-7-10-19/h5-7,9-10H,3-4,8,11-18H2,1-2H3. The number of carbonyl (C=O) groups excluding carboxylic acids is 2. The summed E-state index contributed by atoms with van der Waals surface area (Å²) >= 11 is 0. The van der Waals surface area contributed by atoms with Crippen LogP contribution in [0.15, 0.2) is 30.3 Å². The molecule has 150 valence electrons. The molecule has 0 aromatic heterocycles. The predicted molar refractivity (Wildman–Crippen MR) is 107 cm³/mol. The molecule has 0 saturated carbocycles. The van der Waals surface area contributed by atoms with Crippen molar-refractivity contribution in [3.8, 4) is 5.75 Å². The van der Waals surface area contributed by atoms with Crippen LogP contribution in [0.3, 0.4) is 0 Å². The Kier molecular flexibility index (Phi) is 9.11. The summed E-state index contributed by atoms with van der Waals surface area (Å²) in [6.07, 6.45) is 1.76. The number of rotatable bonds is 10. The maximum atomic E-state index is 12.3. The molecule has 1 aromatic carbocycles. The molecule has 27 heavy (non-hydrogen) atoms.